The predicted octanol–water partition coefficient (Wildman–Crippen LogP) is 2.84. The maximum Gasteiger partial charge on any atom is 0.230 e. The molecule has 0 bridgehead atoms. The van der Waals surface area contributed by atoms with Gasteiger partial charge in [-0.2, -0.15) is 0 Å². The Balaban J connectivity index is 1.88. The topological polar surface area (TPSA) is 60.0 Å². The van der Waals surface area contributed by atoms with Gasteiger partial charge in [0, 0.05) is 40.8 Å². The SMILES string of the molecule is CCN(CC)Cc1ccc(CNC(=NC)NCC2(C(=O)N(C)C)CCCC2)cc1. The van der Waals surface area contributed by atoms with E-state index in [4.69, 9.17) is 0 Å². The van der Waals surface area contributed by atoms with Crippen molar-refractivity contribution in [3.05, 3.63) is 35.4 Å². The number of hydrogen-bond acceptors (Lipinski definition) is 3. The zero-order valence-corrected chi connectivity index (χ0v) is 18.9. The number of carbonyl (C=O) groups excluding carboxylic acids is 1. The highest BCUT2D eigenvalue weighted by Gasteiger charge is 2.42. The molecular weight excluding hydrogens is 362 g/mol. The number of rotatable bonds is 9. The zero-order chi connectivity index (χ0) is 21.3. The van der Waals surface area contributed by atoms with E-state index in [1.807, 2.05) is 14.1 Å². The Kier molecular flexibility index (Phi) is 8.96. The van der Waals surface area contributed by atoms with E-state index in [1.165, 1.54) is 11.1 Å². The molecule has 0 radical (unpaired) electrons. The molecule has 0 spiro atoms. The van der Waals surface area contributed by atoms with Gasteiger partial charge in [-0.15, -0.1) is 0 Å². The second-order valence-corrected chi connectivity index (χ2v) is 8.24. The quantitative estimate of drug-likeness (QED) is 0.493. The summed E-state index contributed by atoms with van der Waals surface area (Å²) in [5.74, 6) is 0.969. The number of hydrogen-bond donors (Lipinski definition) is 2. The molecule has 1 aliphatic rings. The summed E-state index contributed by atoms with van der Waals surface area (Å²) in [5.41, 5.74) is 2.26. The van der Waals surface area contributed by atoms with Crippen LogP contribution in [0.5, 0.6) is 0 Å². The minimum absolute atomic E-state index is 0.224. The molecule has 1 aromatic carbocycles. The van der Waals surface area contributed by atoms with Crippen LogP contribution in [-0.4, -0.2) is 62.4 Å². The monoisotopic (exact) mass is 401 g/mol. The standard InChI is InChI=1S/C23H39N5O/c1-6-28(7-2)17-20-12-10-19(11-13-20)16-25-22(24-3)26-18-23(14-8-9-15-23)21(29)27(4)5/h10-13H,6-9,14-18H2,1-5H3,(H2,24,25,26). The summed E-state index contributed by atoms with van der Waals surface area (Å²) in [6.45, 7) is 8.86. The minimum atomic E-state index is -0.298. The highest BCUT2D eigenvalue weighted by molar-refractivity contribution is 5.85. The fourth-order valence-electron chi connectivity index (χ4n) is 4.12. The molecule has 0 saturated heterocycles. The highest BCUT2D eigenvalue weighted by atomic mass is 16.2. The molecule has 0 unspecified atom stereocenters. The summed E-state index contributed by atoms with van der Waals surface area (Å²) in [6, 6.07) is 8.75. The Morgan fingerprint density at radius 1 is 1.03 bits per heavy atom. The van der Waals surface area contributed by atoms with Gasteiger partial charge in [0.05, 0.1) is 5.41 Å². The fourth-order valence-corrected chi connectivity index (χ4v) is 4.12. The molecule has 1 aromatic rings. The van der Waals surface area contributed by atoms with Gasteiger partial charge >= 0.3 is 0 Å². The molecule has 2 rings (SSSR count). The Morgan fingerprint density at radius 3 is 2.14 bits per heavy atom. The Bertz CT molecular complexity index is 658. The largest absolute Gasteiger partial charge is 0.355 e. The summed E-state index contributed by atoms with van der Waals surface area (Å²) >= 11 is 0. The molecule has 0 aromatic heterocycles. The molecule has 6 nitrogen and oxygen atoms in total. The first-order valence-electron chi connectivity index (χ1n) is 10.9. The number of amides is 1. The Hall–Kier alpha value is -2.08. The molecule has 162 valence electrons. The zero-order valence-electron chi connectivity index (χ0n) is 18.9. The minimum Gasteiger partial charge on any atom is -0.355 e. The second-order valence-electron chi connectivity index (χ2n) is 8.24. The maximum absolute atomic E-state index is 12.7. The van der Waals surface area contributed by atoms with Gasteiger partial charge in [-0.25, -0.2) is 0 Å². The molecule has 1 amide bonds. The average Bonchev–Trinajstić information content (AvgIpc) is 3.22. The van der Waals surface area contributed by atoms with E-state index >= 15 is 0 Å². The van der Waals surface area contributed by atoms with Crippen LogP contribution in [-0.2, 0) is 17.9 Å². The van der Waals surface area contributed by atoms with Gasteiger partial charge in [0.15, 0.2) is 5.96 Å². The Morgan fingerprint density at radius 2 is 1.62 bits per heavy atom. The van der Waals surface area contributed by atoms with Gasteiger partial charge in [-0.3, -0.25) is 14.7 Å². The molecule has 29 heavy (non-hydrogen) atoms. The van der Waals surface area contributed by atoms with E-state index in [-0.39, 0.29) is 11.3 Å². The van der Waals surface area contributed by atoms with Crippen LogP contribution >= 0.6 is 0 Å². The van der Waals surface area contributed by atoms with Crippen LogP contribution < -0.4 is 10.6 Å². The van der Waals surface area contributed by atoms with Crippen LogP contribution in [0.15, 0.2) is 29.3 Å². The molecular formula is C23H39N5O. The van der Waals surface area contributed by atoms with Gasteiger partial charge in [-0.1, -0.05) is 51.0 Å². The number of nitrogens with one attached hydrogen (secondary N) is 2. The lowest BCUT2D eigenvalue weighted by Crippen LogP contribution is -2.49. The summed E-state index contributed by atoms with van der Waals surface area (Å²) in [7, 11) is 5.47. The summed E-state index contributed by atoms with van der Waals surface area (Å²) in [4.78, 5) is 21.2. The van der Waals surface area contributed by atoms with E-state index in [2.05, 4.69) is 58.6 Å². The third-order valence-corrected chi connectivity index (χ3v) is 6.02. The summed E-state index contributed by atoms with van der Waals surface area (Å²) in [5, 5.41) is 6.78. The lowest BCUT2D eigenvalue weighted by Gasteiger charge is -2.31. The van der Waals surface area contributed by atoms with Gasteiger partial charge in [0.25, 0.3) is 0 Å². The third-order valence-electron chi connectivity index (χ3n) is 6.02. The average molecular weight is 402 g/mol. The van der Waals surface area contributed by atoms with Crippen LogP contribution in [0.2, 0.25) is 0 Å². The number of nitrogens with zero attached hydrogens (tertiary/aromatic N) is 3. The van der Waals surface area contributed by atoms with E-state index in [9.17, 15) is 4.79 Å². The first kappa shape index (κ1) is 23.2. The fraction of sp³-hybridized carbons (Fsp3) is 0.652. The molecule has 0 aliphatic heterocycles. The van der Waals surface area contributed by atoms with Gasteiger partial charge < -0.3 is 15.5 Å². The van der Waals surface area contributed by atoms with Crippen molar-refractivity contribution in [2.24, 2.45) is 10.4 Å². The first-order chi connectivity index (χ1) is 13.9. The van der Waals surface area contributed by atoms with Gasteiger partial charge in [0.1, 0.15) is 0 Å². The van der Waals surface area contributed by atoms with Crippen molar-refractivity contribution in [3.63, 3.8) is 0 Å². The van der Waals surface area contributed by atoms with E-state index in [0.29, 0.717) is 13.1 Å². The van der Waals surface area contributed by atoms with Gasteiger partial charge in [0.2, 0.25) is 5.91 Å². The molecule has 1 aliphatic carbocycles. The Labute approximate surface area is 176 Å². The molecule has 1 fully saturated rings. The smallest absolute Gasteiger partial charge is 0.230 e. The van der Waals surface area contributed by atoms with Crippen LogP contribution in [0.25, 0.3) is 0 Å². The maximum atomic E-state index is 12.7. The van der Waals surface area contributed by atoms with Crippen LogP contribution in [0.4, 0.5) is 0 Å². The third kappa shape index (κ3) is 6.46. The molecule has 0 atom stereocenters. The van der Waals surface area contributed by atoms with Crippen LogP contribution in [0.3, 0.4) is 0 Å². The van der Waals surface area contributed by atoms with Crippen LogP contribution in [0.1, 0.15) is 50.7 Å². The van der Waals surface area contributed by atoms with Crippen LogP contribution in [0, 0.1) is 5.41 Å². The van der Waals surface area contributed by atoms with Crippen molar-refractivity contribution in [1.29, 1.82) is 0 Å². The van der Waals surface area contributed by atoms with Crippen molar-refractivity contribution < 1.29 is 4.79 Å². The number of benzene rings is 1. The summed E-state index contributed by atoms with van der Waals surface area (Å²) in [6.07, 6.45) is 4.13. The number of aliphatic imine (C=N–C) groups is 1. The molecule has 1 saturated carbocycles. The highest BCUT2D eigenvalue weighted by Crippen LogP contribution is 2.38. The molecule has 6 heteroatoms. The second kappa shape index (κ2) is 11.2. The van der Waals surface area contributed by atoms with E-state index < -0.39 is 0 Å². The summed E-state index contributed by atoms with van der Waals surface area (Å²) < 4.78 is 0. The number of guanidine groups is 1. The van der Waals surface area contributed by atoms with Crippen molar-refractivity contribution in [2.45, 2.75) is 52.6 Å². The van der Waals surface area contributed by atoms with Gasteiger partial charge in [-0.05, 0) is 37.1 Å². The van der Waals surface area contributed by atoms with Crippen molar-refractivity contribution in [2.75, 3.05) is 40.8 Å². The van der Waals surface area contributed by atoms with E-state index in [1.54, 1.807) is 11.9 Å². The lowest BCUT2D eigenvalue weighted by atomic mass is 9.84. The van der Waals surface area contributed by atoms with E-state index in [0.717, 1.165) is 51.3 Å². The predicted molar refractivity (Wildman–Crippen MR) is 121 cm³/mol. The lowest BCUT2D eigenvalue weighted by molar-refractivity contribution is -0.138. The molecule has 0 heterocycles. The normalized spacial score (nSPS) is 16.1. The number of carbonyl (C=O) groups is 1. The van der Waals surface area contributed by atoms with Crippen molar-refractivity contribution >= 4 is 11.9 Å². The first-order valence-corrected chi connectivity index (χ1v) is 10.9. The van der Waals surface area contributed by atoms with Crippen molar-refractivity contribution in [3.8, 4) is 0 Å². The van der Waals surface area contributed by atoms with Crippen molar-refractivity contribution in [1.82, 2.24) is 20.4 Å². The molecule has 2 N–H and O–H groups in total.